The molecule has 1 saturated heterocycles. The maximum Gasteiger partial charge on any atom is 0.309 e. The predicted octanol–water partition coefficient (Wildman–Crippen LogP) is 2.19. The summed E-state index contributed by atoms with van der Waals surface area (Å²) < 4.78 is 10.8. The molecule has 7 heteroatoms. The zero-order valence-corrected chi connectivity index (χ0v) is 16.8. The average Bonchev–Trinajstić information content (AvgIpc) is 3.09. The van der Waals surface area contributed by atoms with Crippen molar-refractivity contribution in [2.24, 2.45) is 17.8 Å². The van der Waals surface area contributed by atoms with Gasteiger partial charge in [0.05, 0.1) is 31.3 Å². The zero-order valence-electron chi connectivity index (χ0n) is 16.8. The first kappa shape index (κ1) is 18.9. The first-order valence-electron chi connectivity index (χ1n) is 10.4. The summed E-state index contributed by atoms with van der Waals surface area (Å²) in [4.78, 5) is 18.2. The summed E-state index contributed by atoms with van der Waals surface area (Å²) >= 11 is 0. The van der Waals surface area contributed by atoms with E-state index in [4.69, 9.17) is 9.47 Å². The van der Waals surface area contributed by atoms with Crippen LogP contribution in [-0.2, 0) is 16.0 Å². The number of H-pyrrole nitrogens is 1. The second-order valence-electron chi connectivity index (χ2n) is 8.72. The monoisotopic (exact) mass is 400 g/mol. The molecule has 6 atom stereocenters. The van der Waals surface area contributed by atoms with Crippen LogP contribution in [0.15, 0.2) is 18.2 Å². The van der Waals surface area contributed by atoms with E-state index in [1.54, 1.807) is 7.11 Å². The minimum atomic E-state index is -0.864. The summed E-state index contributed by atoms with van der Waals surface area (Å²) in [6, 6.07) is 6.31. The first-order chi connectivity index (χ1) is 14.0. The fourth-order valence-corrected chi connectivity index (χ4v) is 6.15. The van der Waals surface area contributed by atoms with E-state index in [-0.39, 0.29) is 17.9 Å². The SMILES string of the molecule is COc1ccc2c3c([nH]c2c1)[C@@H]1C[C@@H]2[C@H](C[C@H](O)[C@H](OC)[C@@H]2C(=O)O)CN1CC3. The number of hydrogen-bond donors (Lipinski definition) is 3. The van der Waals surface area contributed by atoms with Crippen LogP contribution in [0.1, 0.15) is 30.1 Å². The normalized spacial score (nSPS) is 34.3. The average molecular weight is 400 g/mol. The molecule has 3 aliphatic rings. The quantitative estimate of drug-likeness (QED) is 0.731. The Morgan fingerprint density at radius 1 is 1.28 bits per heavy atom. The Bertz CT molecular complexity index is 941. The van der Waals surface area contributed by atoms with Crippen molar-refractivity contribution < 1.29 is 24.5 Å². The Labute approximate surface area is 169 Å². The molecule has 0 bridgehead atoms. The number of aromatic nitrogens is 1. The van der Waals surface area contributed by atoms with Gasteiger partial charge in [-0.25, -0.2) is 0 Å². The molecule has 0 amide bonds. The fraction of sp³-hybridized carbons (Fsp3) is 0.591. The van der Waals surface area contributed by atoms with E-state index in [9.17, 15) is 15.0 Å². The number of aliphatic hydroxyl groups is 1. The molecule has 2 aliphatic heterocycles. The molecule has 1 saturated carbocycles. The highest BCUT2D eigenvalue weighted by molar-refractivity contribution is 5.86. The molecule has 156 valence electrons. The summed E-state index contributed by atoms with van der Waals surface area (Å²) in [5, 5.41) is 21.7. The number of nitrogens with zero attached hydrogens (tertiary/aromatic N) is 1. The molecule has 5 rings (SSSR count). The molecule has 0 unspecified atom stereocenters. The minimum absolute atomic E-state index is 0.00556. The van der Waals surface area contributed by atoms with Crippen molar-refractivity contribution in [3.63, 3.8) is 0 Å². The Hall–Kier alpha value is -2.09. The highest BCUT2D eigenvalue weighted by atomic mass is 16.5. The molecular weight excluding hydrogens is 372 g/mol. The van der Waals surface area contributed by atoms with Gasteiger partial charge >= 0.3 is 5.97 Å². The number of aliphatic carboxylic acids is 1. The van der Waals surface area contributed by atoms with Crippen molar-refractivity contribution in [2.45, 2.75) is 37.5 Å². The second-order valence-corrected chi connectivity index (χ2v) is 8.72. The highest BCUT2D eigenvalue weighted by Crippen LogP contribution is 2.49. The number of nitrogens with one attached hydrogen (secondary N) is 1. The standard InChI is InChI=1S/C22H28N2O5/c1-28-12-3-4-13-14-5-6-24-10-11-7-18(25)21(29-2)19(22(26)27)15(11)9-17(24)20(14)23-16(13)8-12/h3-4,8,11,15,17-19,21,23,25H,5-7,9-10H2,1-2H3,(H,26,27)/t11-,15-,17+,18+,19-,21+/m1/s1. The van der Waals surface area contributed by atoms with Gasteiger partial charge in [0, 0.05) is 42.9 Å². The third-order valence-electron chi connectivity index (χ3n) is 7.44. The largest absolute Gasteiger partial charge is 0.497 e. The van der Waals surface area contributed by atoms with Crippen LogP contribution < -0.4 is 4.74 Å². The van der Waals surface area contributed by atoms with E-state index in [1.165, 1.54) is 23.8 Å². The molecule has 2 aromatic rings. The number of carboxylic acid groups (broad SMARTS) is 1. The van der Waals surface area contributed by atoms with Crippen LogP contribution in [0.4, 0.5) is 0 Å². The molecule has 1 aliphatic carbocycles. The smallest absolute Gasteiger partial charge is 0.309 e. The van der Waals surface area contributed by atoms with Crippen molar-refractivity contribution in [3.8, 4) is 5.75 Å². The van der Waals surface area contributed by atoms with Crippen LogP contribution in [0.5, 0.6) is 5.75 Å². The number of piperidine rings is 1. The van der Waals surface area contributed by atoms with E-state index >= 15 is 0 Å². The zero-order chi connectivity index (χ0) is 20.3. The lowest BCUT2D eigenvalue weighted by Gasteiger charge is -2.52. The van der Waals surface area contributed by atoms with Crippen molar-refractivity contribution in [2.75, 3.05) is 27.3 Å². The van der Waals surface area contributed by atoms with E-state index in [2.05, 4.69) is 16.0 Å². The van der Waals surface area contributed by atoms with Gasteiger partial charge in [-0.3, -0.25) is 9.69 Å². The van der Waals surface area contributed by atoms with Crippen molar-refractivity contribution in [3.05, 3.63) is 29.5 Å². The van der Waals surface area contributed by atoms with Crippen LogP contribution in [0.2, 0.25) is 0 Å². The molecule has 1 aromatic carbocycles. The van der Waals surface area contributed by atoms with Crippen molar-refractivity contribution >= 4 is 16.9 Å². The van der Waals surface area contributed by atoms with E-state index in [1.807, 2.05) is 12.1 Å². The molecule has 2 fully saturated rings. The molecule has 3 heterocycles. The first-order valence-corrected chi connectivity index (χ1v) is 10.4. The topological polar surface area (TPSA) is 95.0 Å². The second kappa shape index (κ2) is 7.00. The summed E-state index contributed by atoms with van der Waals surface area (Å²) in [5.41, 5.74) is 3.62. The maximum atomic E-state index is 12.1. The third-order valence-corrected chi connectivity index (χ3v) is 7.44. The molecule has 0 spiro atoms. The lowest BCUT2D eigenvalue weighted by atomic mass is 9.64. The van der Waals surface area contributed by atoms with Gasteiger partial charge in [0.15, 0.2) is 0 Å². The number of carbonyl (C=O) groups is 1. The van der Waals surface area contributed by atoms with Gasteiger partial charge < -0.3 is 24.7 Å². The number of methoxy groups -OCH3 is 2. The summed E-state index contributed by atoms with van der Waals surface area (Å²) in [7, 11) is 3.17. The van der Waals surface area contributed by atoms with Crippen LogP contribution in [0.3, 0.4) is 0 Å². The Kier molecular flexibility index (Phi) is 4.57. The predicted molar refractivity (Wildman–Crippen MR) is 107 cm³/mol. The van der Waals surface area contributed by atoms with Gasteiger partial charge in [0.25, 0.3) is 0 Å². The molecule has 29 heavy (non-hydrogen) atoms. The number of benzene rings is 1. The molecule has 1 aromatic heterocycles. The van der Waals surface area contributed by atoms with Crippen molar-refractivity contribution in [1.29, 1.82) is 0 Å². The van der Waals surface area contributed by atoms with Gasteiger partial charge in [-0.1, -0.05) is 0 Å². The van der Waals surface area contributed by atoms with E-state index in [0.29, 0.717) is 6.42 Å². The number of aromatic amines is 1. The number of ether oxygens (including phenoxy) is 2. The van der Waals surface area contributed by atoms with Gasteiger partial charge in [-0.2, -0.15) is 0 Å². The minimum Gasteiger partial charge on any atom is -0.497 e. The summed E-state index contributed by atoms with van der Waals surface area (Å²) in [6.07, 6.45) is 0.981. The molecule has 3 N–H and O–H groups in total. The van der Waals surface area contributed by atoms with Gasteiger partial charge in [-0.15, -0.1) is 0 Å². The van der Waals surface area contributed by atoms with Crippen LogP contribution in [0.25, 0.3) is 10.9 Å². The fourth-order valence-electron chi connectivity index (χ4n) is 6.15. The Morgan fingerprint density at radius 2 is 2.10 bits per heavy atom. The number of hydrogen-bond acceptors (Lipinski definition) is 5. The summed E-state index contributed by atoms with van der Waals surface area (Å²) in [6.45, 7) is 1.78. The van der Waals surface area contributed by atoms with Crippen LogP contribution >= 0.6 is 0 Å². The maximum absolute atomic E-state index is 12.1. The van der Waals surface area contributed by atoms with E-state index in [0.717, 1.165) is 37.2 Å². The van der Waals surface area contributed by atoms with Gasteiger partial charge in [0.2, 0.25) is 0 Å². The van der Waals surface area contributed by atoms with Gasteiger partial charge in [0.1, 0.15) is 5.75 Å². The molecular formula is C22H28N2O5. The van der Waals surface area contributed by atoms with Crippen LogP contribution in [0, 0.1) is 17.8 Å². The number of aliphatic hydroxyl groups excluding tert-OH is 1. The highest BCUT2D eigenvalue weighted by Gasteiger charge is 2.52. The van der Waals surface area contributed by atoms with Crippen LogP contribution in [-0.4, -0.2) is 65.6 Å². The lowest BCUT2D eigenvalue weighted by molar-refractivity contribution is -0.172. The molecule has 0 radical (unpaired) electrons. The summed E-state index contributed by atoms with van der Waals surface area (Å²) in [5.74, 6) is -0.539. The van der Waals surface area contributed by atoms with Crippen molar-refractivity contribution in [1.82, 2.24) is 9.88 Å². The Balaban J connectivity index is 1.52. The third kappa shape index (κ3) is 2.86. The van der Waals surface area contributed by atoms with Gasteiger partial charge in [-0.05, 0) is 48.8 Å². The number of carboxylic acids is 1. The lowest BCUT2D eigenvalue weighted by Crippen LogP contribution is -2.57. The number of rotatable bonds is 3. The number of fused-ring (bicyclic) bond motifs is 6. The molecule has 7 nitrogen and oxygen atoms in total. The Morgan fingerprint density at radius 3 is 2.83 bits per heavy atom. The van der Waals surface area contributed by atoms with E-state index < -0.39 is 24.1 Å².